The maximum Gasteiger partial charge on any atom is 0.318 e. The van der Waals surface area contributed by atoms with Crippen LogP contribution in [-0.2, 0) is 13.1 Å². The normalized spacial score (nSPS) is 17.4. The molecule has 1 fully saturated rings. The number of benzene rings is 1. The van der Waals surface area contributed by atoms with Gasteiger partial charge >= 0.3 is 6.03 Å². The average Bonchev–Trinajstić information content (AvgIpc) is 3.31. The Morgan fingerprint density at radius 2 is 2.30 bits per heavy atom. The van der Waals surface area contributed by atoms with E-state index in [1.807, 2.05) is 16.4 Å². The highest BCUT2D eigenvalue weighted by atomic mass is 19.1. The Morgan fingerprint density at radius 3 is 3.15 bits per heavy atom. The summed E-state index contributed by atoms with van der Waals surface area (Å²) >= 11 is 0. The lowest BCUT2D eigenvalue weighted by Crippen LogP contribution is -2.44. The molecule has 2 amide bonds. The van der Waals surface area contributed by atoms with Crippen LogP contribution in [-0.4, -0.2) is 37.0 Å². The van der Waals surface area contributed by atoms with Crippen molar-refractivity contribution < 1.29 is 9.18 Å². The maximum atomic E-state index is 13.5. The second-order valence-corrected chi connectivity index (χ2v) is 6.82. The summed E-state index contributed by atoms with van der Waals surface area (Å²) in [5.74, 6) is 0.410. The molecule has 2 aromatic heterocycles. The van der Waals surface area contributed by atoms with Crippen molar-refractivity contribution in [2.75, 3.05) is 6.54 Å². The number of aromatic nitrogens is 4. The number of carbonyl (C=O) groups is 1. The predicted octanol–water partition coefficient (Wildman–Crippen LogP) is 3.36. The molecule has 4 rings (SSSR count). The molecule has 2 N–H and O–H groups in total. The minimum Gasteiger partial charge on any atom is -0.340 e. The van der Waals surface area contributed by atoms with Gasteiger partial charge < -0.3 is 19.8 Å². The summed E-state index contributed by atoms with van der Waals surface area (Å²) in [4.78, 5) is 26.6. The fourth-order valence-electron chi connectivity index (χ4n) is 3.67. The summed E-state index contributed by atoms with van der Waals surface area (Å²) in [6, 6.07) is 4.24. The largest absolute Gasteiger partial charge is 0.340 e. The van der Waals surface area contributed by atoms with Gasteiger partial charge in [0.1, 0.15) is 11.6 Å². The number of aryl methyl sites for hydroxylation is 1. The number of hydrogen-bond acceptors (Lipinski definition) is 3. The number of piperidine rings is 1. The summed E-state index contributed by atoms with van der Waals surface area (Å²) in [5, 5.41) is 3.00. The molecular formula is C19H23FN6O. The van der Waals surface area contributed by atoms with E-state index >= 15 is 0 Å². The molecule has 27 heavy (non-hydrogen) atoms. The number of amides is 2. The first-order chi connectivity index (χ1) is 13.2. The third-order valence-corrected chi connectivity index (χ3v) is 5.10. The van der Waals surface area contributed by atoms with E-state index in [4.69, 9.17) is 0 Å². The number of H-pyrrole nitrogens is 1. The Balaban J connectivity index is 1.51. The number of imidazole rings is 2. The fraction of sp³-hybridized carbons (Fsp3) is 0.421. The standard InChI is InChI=1S/C19H23FN6O/c1-2-25-12-21-10-14(25)11-22-19(27)26-8-4-3-5-17(26)18-23-15-7-6-13(20)9-16(15)24-18/h6-7,9-10,12,17H,2-5,8,11H2,1H3,(H,22,27)(H,23,24). The quantitative estimate of drug-likeness (QED) is 0.739. The molecule has 0 bridgehead atoms. The molecule has 0 aliphatic carbocycles. The Morgan fingerprint density at radius 1 is 1.41 bits per heavy atom. The number of rotatable bonds is 4. The molecule has 1 atom stereocenters. The van der Waals surface area contributed by atoms with E-state index in [2.05, 4.69) is 20.3 Å². The zero-order chi connectivity index (χ0) is 18.8. The van der Waals surface area contributed by atoms with Crippen LogP contribution in [0.25, 0.3) is 11.0 Å². The topological polar surface area (TPSA) is 78.8 Å². The van der Waals surface area contributed by atoms with E-state index in [9.17, 15) is 9.18 Å². The second kappa shape index (κ2) is 7.38. The van der Waals surface area contributed by atoms with E-state index in [1.54, 1.807) is 18.6 Å². The number of nitrogens with zero attached hydrogens (tertiary/aromatic N) is 4. The van der Waals surface area contributed by atoms with Gasteiger partial charge in [0.2, 0.25) is 0 Å². The monoisotopic (exact) mass is 370 g/mol. The van der Waals surface area contributed by atoms with Crippen molar-refractivity contribution in [1.29, 1.82) is 0 Å². The Kier molecular flexibility index (Phi) is 4.79. The van der Waals surface area contributed by atoms with Crippen molar-refractivity contribution >= 4 is 17.1 Å². The van der Waals surface area contributed by atoms with Gasteiger partial charge in [0, 0.05) is 19.3 Å². The molecule has 1 aromatic carbocycles. The van der Waals surface area contributed by atoms with E-state index in [0.29, 0.717) is 29.9 Å². The van der Waals surface area contributed by atoms with Crippen molar-refractivity contribution in [2.24, 2.45) is 0 Å². The summed E-state index contributed by atoms with van der Waals surface area (Å²) in [7, 11) is 0. The van der Waals surface area contributed by atoms with Gasteiger partial charge in [-0.15, -0.1) is 0 Å². The molecule has 7 nitrogen and oxygen atoms in total. The van der Waals surface area contributed by atoms with Gasteiger partial charge in [0.05, 0.1) is 35.6 Å². The average molecular weight is 370 g/mol. The molecule has 8 heteroatoms. The summed E-state index contributed by atoms with van der Waals surface area (Å²) in [6.07, 6.45) is 6.36. The zero-order valence-electron chi connectivity index (χ0n) is 15.3. The Bertz CT molecular complexity index is 949. The van der Waals surface area contributed by atoms with Crippen molar-refractivity contribution in [3.63, 3.8) is 0 Å². The van der Waals surface area contributed by atoms with E-state index in [1.165, 1.54) is 12.1 Å². The molecule has 0 radical (unpaired) electrons. The molecule has 1 unspecified atom stereocenters. The SMILES string of the molecule is CCn1cncc1CNC(=O)N1CCCCC1c1nc2ccc(F)cc2[nH]1. The van der Waals surface area contributed by atoms with Gasteiger partial charge in [-0.05, 0) is 44.4 Å². The summed E-state index contributed by atoms with van der Waals surface area (Å²) < 4.78 is 15.5. The third kappa shape index (κ3) is 3.51. The molecule has 1 saturated heterocycles. The van der Waals surface area contributed by atoms with Crippen LogP contribution in [0.2, 0.25) is 0 Å². The Labute approximate surface area is 156 Å². The van der Waals surface area contributed by atoms with Gasteiger partial charge in [-0.25, -0.2) is 19.2 Å². The molecule has 0 spiro atoms. The van der Waals surface area contributed by atoms with E-state index < -0.39 is 0 Å². The molecule has 0 saturated carbocycles. The number of halogens is 1. The number of fused-ring (bicyclic) bond motifs is 1. The van der Waals surface area contributed by atoms with Crippen molar-refractivity contribution in [3.05, 3.63) is 48.1 Å². The smallest absolute Gasteiger partial charge is 0.318 e. The van der Waals surface area contributed by atoms with Gasteiger partial charge in [-0.3, -0.25) is 0 Å². The fourth-order valence-corrected chi connectivity index (χ4v) is 3.67. The van der Waals surface area contributed by atoms with Crippen LogP contribution in [0.15, 0.2) is 30.7 Å². The van der Waals surface area contributed by atoms with Gasteiger partial charge in [0.15, 0.2) is 0 Å². The number of carbonyl (C=O) groups excluding carboxylic acids is 1. The zero-order valence-corrected chi connectivity index (χ0v) is 15.3. The molecule has 1 aliphatic heterocycles. The molecule has 3 aromatic rings. The second-order valence-electron chi connectivity index (χ2n) is 6.82. The van der Waals surface area contributed by atoms with Crippen LogP contribution >= 0.6 is 0 Å². The number of nitrogens with one attached hydrogen (secondary N) is 2. The highest BCUT2D eigenvalue weighted by Gasteiger charge is 2.30. The maximum absolute atomic E-state index is 13.5. The summed E-state index contributed by atoms with van der Waals surface area (Å²) in [5.41, 5.74) is 2.34. The lowest BCUT2D eigenvalue weighted by atomic mass is 10.0. The lowest BCUT2D eigenvalue weighted by Gasteiger charge is -2.34. The van der Waals surface area contributed by atoms with Crippen LogP contribution in [0.1, 0.15) is 43.7 Å². The first kappa shape index (κ1) is 17.5. The van der Waals surface area contributed by atoms with Crippen LogP contribution in [0.5, 0.6) is 0 Å². The van der Waals surface area contributed by atoms with Crippen LogP contribution < -0.4 is 5.32 Å². The highest BCUT2D eigenvalue weighted by Crippen LogP contribution is 2.30. The minimum absolute atomic E-state index is 0.116. The Hall–Kier alpha value is -2.90. The molecule has 142 valence electrons. The van der Waals surface area contributed by atoms with Gasteiger partial charge in [-0.2, -0.15) is 0 Å². The van der Waals surface area contributed by atoms with E-state index in [0.717, 1.165) is 31.5 Å². The third-order valence-electron chi connectivity index (χ3n) is 5.10. The molecular weight excluding hydrogens is 347 g/mol. The first-order valence-corrected chi connectivity index (χ1v) is 9.34. The van der Waals surface area contributed by atoms with Crippen molar-refractivity contribution in [2.45, 2.75) is 45.3 Å². The molecule has 1 aliphatic rings. The van der Waals surface area contributed by atoms with E-state index in [-0.39, 0.29) is 17.9 Å². The summed E-state index contributed by atoms with van der Waals surface area (Å²) in [6.45, 7) is 3.96. The van der Waals surface area contributed by atoms with Crippen LogP contribution in [0.4, 0.5) is 9.18 Å². The van der Waals surface area contributed by atoms with Gasteiger partial charge in [-0.1, -0.05) is 0 Å². The predicted molar refractivity (Wildman–Crippen MR) is 99.5 cm³/mol. The number of urea groups is 1. The van der Waals surface area contributed by atoms with Crippen molar-refractivity contribution in [1.82, 2.24) is 29.7 Å². The van der Waals surface area contributed by atoms with Crippen molar-refractivity contribution in [3.8, 4) is 0 Å². The number of aromatic amines is 1. The number of likely N-dealkylation sites (tertiary alicyclic amines) is 1. The van der Waals surface area contributed by atoms with Gasteiger partial charge in [0.25, 0.3) is 0 Å². The van der Waals surface area contributed by atoms with Crippen LogP contribution in [0.3, 0.4) is 0 Å². The first-order valence-electron chi connectivity index (χ1n) is 9.34. The molecule has 3 heterocycles. The lowest BCUT2D eigenvalue weighted by molar-refractivity contribution is 0.147. The van der Waals surface area contributed by atoms with Crippen LogP contribution in [0, 0.1) is 5.82 Å². The minimum atomic E-state index is -0.302. The number of hydrogen-bond donors (Lipinski definition) is 2. The highest BCUT2D eigenvalue weighted by molar-refractivity contribution is 5.76.